The summed E-state index contributed by atoms with van der Waals surface area (Å²) in [5.41, 5.74) is 2.88. The van der Waals surface area contributed by atoms with E-state index in [2.05, 4.69) is 31.0 Å². The maximum Gasteiger partial charge on any atom is 0.317 e. The lowest BCUT2D eigenvalue weighted by molar-refractivity contribution is 0.0627. The van der Waals surface area contributed by atoms with Gasteiger partial charge in [0, 0.05) is 57.4 Å². The first-order chi connectivity index (χ1) is 16.5. The van der Waals surface area contributed by atoms with E-state index in [1.54, 1.807) is 17.0 Å². The first kappa shape index (κ1) is 26.7. The Kier molecular flexibility index (Phi) is 8.89. The molecule has 0 spiro atoms. The fraction of sp³-hybridized carbons (Fsp3) is 0.500. The smallest absolute Gasteiger partial charge is 0.317 e. The number of nitrogens with zero attached hydrogens (tertiary/aromatic N) is 3. The quantitative estimate of drug-likeness (QED) is 0.632. The van der Waals surface area contributed by atoms with Crippen molar-refractivity contribution in [3.05, 3.63) is 71.0 Å². The molecule has 1 aliphatic rings. The van der Waals surface area contributed by atoms with Crippen molar-refractivity contribution in [1.82, 2.24) is 20.0 Å². The van der Waals surface area contributed by atoms with E-state index in [4.69, 9.17) is 0 Å². The van der Waals surface area contributed by atoms with Gasteiger partial charge in [0.2, 0.25) is 0 Å². The summed E-state index contributed by atoms with van der Waals surface area (Å²) in [6, 6.07) is 14.1. The van der Waals surface area contributed by atoms with E-state index in [0.29, 0.717) is 26.2 Å². The van der Waals surface area contributed by atoms with Gasteiger partial charge in [-0.15, -0.1) is 0 Å². The lowest BCUT2D eigenvalue weighted by atomic mass is 9.86. The summed E-state index contributed by atoms with van der Waals surface area (Å²) < 4.78 is 13.3. The van der Waals surface area contributed by atoms with Crippen molar-refractivity contribution in [3.8, 4) is 0 Å². The third-order valence-electron chi connectivity index (χ3n) is 6.33. The zero-order valence-electron chi connectivity index (χ0n) is 21.7. The highest BCUT2D eigenvalue weighted by atomic mass is 19.1. The molecule has 190 valence electrons. The molecule has 0 bridgehead atoms. The van der Waals surface area contributed by atoms with Crippen LogP contribution in [0.4, 0.5) is 9.18 Å². The van der Waals surface area contributed by atoms with Crippen molar-refractivity contribution in [3.63, 3.8) is 0 Å². The van der Waals surface area contributed by atoms with E-state index >= 15 is 0 Å². The number of hydrogen-bond acceptors (Lipinski definition) is 3. The average Bonchev–Trinajstić information content (AvgIpc) is 2.82. The summed E-state index contributed by atoms with van der Waals surface area (Å²) in [7, 11) is 0. The SMILES string of the molecule is CC(C)NC(=O)N(CCN1CCN(C(=O)c2ccc(C(C)(C)C)cc2)CC1)Cc1ccc(F)cc1. The molecule has 0 unspecified atom stereocenters. The number of carbonyl (C=O) groups excluding carboxylic acids is 2. The lowest BCUT2D eigenvalue weighted by Gasteiger charge is -2.36. The van der Waals surface area contributed by atoms with Crippen LogP contribution in [0.2, 0.25) is 0 Å². The Morgan fingerprint density at radius 3 is 2.11 bits per heavy atom. The van der Waals surface area contributed by atoms with Crippen LogP contribution in [0.5, 0.6) is 0 Å². The molecule has 0 radical (unpaired) electrons. The first-order valence-corrected chi connectivity index (χ1v) is 12.4. The molecule has 0 saturated carbocycles. The van der Waals surface area contributed by atoms with Crippen LogP contribution in [0.15, 0.2) is 48.5 Å². The second-order valence-corrected chi connectivity index (χ2v) is 10.6. The second kappa shape index (κ2) is 11.7. The molecule has 0 atom stereocenters. The van der Waals surface area contributed by atoms with Crippen molar-refractivity contribution in [2.45, 2.75) is 52.6 Å². The molecule has 1 aliphatic heterocycles. The highest BCUT2D eigenvalue weighted by molar-refractivity contribution is 5.94. The van der Waals surface area contributed by atoms with Crippen LogP contribution < -0.4 is 5.32 Å². The van der Waals surface area contributed by atoms with Gasteiger partial charge in [0.05, 0.1) is 0 Å². The molecule has 0 aliphatic carbocycles. The number of carbonyl (C=O) groups is 2. The van der Waals surface area contributed by atoms with Crippen LogP contribution in [0, 0.1) is 5.82 Å². The Hall–Kier alpha value is -2.93. The zero-order chi connectivity index (χ0) is 25.6. The maximum atomic E-state index is 13.3. The van der Waals surface area contributed by atoms with Crippen LogP contribution in [0.1, 0.15) is 56.1 Å². The third-order valence-corrected chi connectivity index (χ3v) is 6.33. The predicted octanol–water partition coefficient (Wildman–Crippen LogP) is 4.50. The van der Waals surface area contributed by atoms with Crippen molar-refractivity contribution < 1.29 is 14.0 Å². The Balaban J connectivity index is 1.53. The van der Waals surface area contributed by atoms with Crippen molar-refractivity contribution >= 4 is 11.9 Å². The number of amides is 3. The minimum absolute atomic E-state index is 0.0326. The predicted molar refractivity (Wildman–Crippen MR) is 138 cm³/mol. The van der Waals surface area contributed by atoms with Gasteiger partial charge in [0.25, 0.3) is 5.91 Å². The molecular weight excluding hydrogens is 443 g/mol. The van der Waals surface area contributed by atoms with Gasteiger partial charge in [0.15, 0.2) is 0 Å². The Bertz CT molecular complexity index is 976. The minimum Gasteiger partial charge on any atom is -0.336 e. The number of halogens is 1. The average molecular weight is 483 g/mol. The Morgan fingerprint density at radius 1 is 0.971 bits per heavy atom. The van der Waals surface area contributed by atoms with Gasteiger partial charge in [-0.1, -0.05) is 45.0 Å². The molecule has 35 heavy (non-hydrogen) atoms. The molecule has 1 saturated heterocycles. The van der Waals surface area contributed by atoms with Crippen LogP contribution in [-0.4, -0.2) is 71.9 Å². The van der Waals surface area contributed by atoms with E-state index in [-0.39, 0.29) is 29.2 Å². The zero-order valence-corrected chi connectivity index (χ0v) is 21.7. The molecule has 7 heteroatoms. The molecule has 0 aromatic heterocycles. The highest BCUT2D eigenvalue weighted by Crippen LogP contribution is 2.22. The number of benzene rings is 2. The molecule has 3 amide bonds. The molecule has 1 fully saturated rings. The molecule has 6 nitrogen and oxygen atoms in total. The monoisotopic (exact) mass is 482 g/mol. The summed E-state index contributed by atoms with van der Waals surface area (Å²) in [6.45, 7) is 14.9. The first-order valence-electron chi connectivity index (χ1n) is 12.4. The van der Waals surface area contributed by atoms with E-state index in [9.17, 15) is 14.0 Å². The topological polar surface area (TPSA) is 55.9 Å². The van der Waals surface area contributed by atoms with E-state index in [1.807, 2.05) is 43.0 Å². The van der Waals surface area contributed by atoms with Crippen LogP contribution in [-0.2, 0) is 12.0 Å². The van der Waals surface area contributed by atoms with Crippen LogP contribution in [0.3, 0.4) is 0 Å². The van der Waals surface area contributed by atoms with E-state index in [0.717, 1.165) is 30.8 Å². The van der Waals surface area contributed by atoms with Crippen molar-refractivity contribution in [1.29, 1.82) is 0 Å². The Morgan fingerprint density at radius 2 is 1.57 bits per heavy atom. The van der Waals surface area contributed by atoms with Gasteiger partial charge in [-0.05, 0) is 54.7 Å². The summed E-state index contributed by atoms with van der Waals surface area (Å²) in [6.07, 6.45) is 0. The van der Waals surface area contributed by atoms with Gasteiger partial charge < -0.3 is 15.1 Å². The van der Waals surface area contributed by atoms with Crippen LogP contribution >= 0.6 is 0 Å². The van der Waals surface area contributed by atoms with Gasteiger partial charge in [-0.2, -0.15) is 0 Å². The van der Waals surface area contributed by atoms with Crippen LogP contribution in [0.25, 0.3) is 0 Å². The normalized spacial score (nSPS) is 14.8. The standard InChI is InChI=1S/C28H39FN4O2/c1-21(2)30-27(35)33(20-22-6-12-25(29)13-7-22)19-16-31-14-17-32(18-15-31)26(34)23-8-10-24(11-9-23)28(3,4)5/h6-13,21H,14-20H2,1-5H3,(H,30,35). The Labute approximate surface area is 209 Å². The van der Waals surface area contributed by atoms with Gasteiger partial charge in [0.1, 0.15) is 5.82 Å². The third kappa shape index (κ3) is 7.79. The number of hydrogen-bond donors (Lipinski definition) is 1. The minimum atomic E-state index is -0.288. The molecule has 3 rings (SSSR count). The molecule has 1 heterocycles. The molecular formula is C28H39FN4O2. The van der Waals surface area contributed by atoms with Crippen molar-refractivity contribution in [2.75, 3.05) is 39.3 Å². The van der Waals surface area contributed by atoms with Gasteiger partial charge in [-0.3, -0.25) is 9.69 Å². The summed E-state index contributed by atoms with van der Waals surface area (Å²) in [4.78, 5) is 31.7. The lowest BCUT2D eigenvalue weighted by Crippen LogP contribution is -2.51. The number of urea groups is 1. The molecule has 2 aromatic rings. The summed E-state index contributed by atoms with van der Waals surface area (Å²) >= 11 is 0. The fourth-order valence-electron chi connectivity index (χ4n) is 4.13. The van der Waals surface area contributed by atoms with E-state index in [1.165, 1.54) is 17.7 Å². The maximum absolute atomic E-state index is 13.3. The molecule has 1 N–H and O–H groups in total. The number of nitrogens with one attached hydrogen (secondary N) is 1. The summed E-state index contributed by atoms with van der Waals surface area (Å²) in [5, 5.41) is 2.96. The van der Waals surface area contributed by atoms with Gasteiger partial charge >= 0.3 is 6.03 Å². The number of piperazine rings is 1. The summed E-state index contributed by atoms with van der Waals surface area (Å²) in [5.74, 6) is -0.219. The largest absolute Gasteiger partial charge is 0.336 e. The highest BCUT2D eigenvalue weighted by Gasteiger charge is 2.24. The van der Waals surface area contributed by atoms with Crippen molar-refractivity contribution in [2.24, 2.45) is 0 Å². The molecule has 2 aromatic carbocycles. The second-order valence-electron chi connectivity index (χ2n) is 10.6. The van der Waals surface area contributed by atoms with Gasteiger partial charge in [-0.25, -0.2) is 9.18 Å². The number of rotatable bonds is 7. The van der Waals surface area contributed by atoms with E-state index < -0.39 is 0 Å². The fourth-order valence-corrected chi connectivity index (χ4v) is 4.13.